The van der Waals surface area contributed by atoms with Crippen LogP contribution < -0.4 is 10.0 Å². The van der Waals surface area contributed by atoms with Crippen LogP contribution in [-0.2, 0) is 10.0 Å². The third kappa shape index (κ3) is 2.89. The van der Waals surface area contributed by atoms with E-state index in [1.165, 1.54) is 18.2 Å². The number of hydrogen-bond acceptors (Lipinski definition) is 5. The van der Waals surface area contributed by atoms with Crippen LogP contribution in [0.25, 0.3) is 0 Å². The number of hydrogen-bond donors (Lipinski definition) is 2. The average molecular weight is 292 g/mol. The number of benzene rings is 1. The van der Waals surface area contributed by atoms with E-state index in [1.807, 2.05) is 0 Å². The predicted molar refractivity (Wildman–Crippen MR) is 67.3 cm³/mol. The molecular formula is C9H10ClN3O4S. The minimum absolute atomic E-state index is 0.104. The summed E-state index contributed by atoms with van der Waals surface area (Å²) in [6.45, 7) is 0.210. The quantitative estimate of drug-likeness (QED) is 0.638. The van der Waals surface area contributed by atoms with E-state index in [1.54, 1.807) is 0 Å². The van der Waals surface area contributed by atoms with Crippen molar-refractivity contribution in [3.05, 3.63) is 33.3 Å². The van der Waals surface area contributed by atoms with Crippen molar-refractivity contribution in [3.63, 3.8) is 0 Å². The molecule has 0 radical (unpaired) electrons. The molecule has 9 heteroatoms. The molecule has 0 spiro atoms. The lowest BCUT2D eigenvalue weighted by atomic mass is 10.2. The van der Waals surface area contributed by atoms with E-state index in [0.717, 1.165) is 0 Å². The summed E-state index contributed by atoms with van der Waals surface area (Å²) >= 11 is 5.68. The molecule has 0 aliphatic carbocycles. The molecule has 1 fully saturated rings. The molecule has 1 aliphatic heterocycles. The van der Waals surface area contributed by atoms with Crippen LogP contribution in [0.4, 0.5) is 11.4 Å². The van der Waals surface area contributed by atoms with Crippen molar-refractivity contribution in [2.75, 3.05) is 17.6 Å². The number of rotatable bonds is 3. The number of halogens is 1. The SMILES string of the molecule is O=[N+]([O-])c1cc(Cl)ccc1NC1CNS(=O)(=O)C1. The summed E-state index contributed by atoms with van der Waals surface area (Å²) in [5, 5.41) is 13.9. The zero-order chi connectivity index (χ0) is 13.3. The smallest absolute Gasteiger partial charge is 0.293 e. The second kappa shape index (κ2) is 4.71. The second-order valence-corrected chi connectivity index (χ2v) is 6.18. The zero-order valence-corrected chi connectivity index (χ0v) is 10.7. The molecular weight excluding hydrogens is 282 g/mol. The van der Waals surface area contributed by atoms with Gasteiger partial charge in [0.1, 0.15) is 5.69 Å². The Morgan fingerprint density at radius 2 is 2.22 bits per heavy atom. The molecule has 1 aliphatic rings. The fourth-order valence-electron chi connectivity index (χ4n) is 1.70. The highest BCUT2D eigenvalue weighted by molar-refractivity contribution is 7.89. The van der Waals surface area contributed by atoms with Crippen molar-refractivity contribution in [3.8, 4) is 0 Å². The molecule has 2 rings (SSSR count). The first kappa shape index (κ1) is 13.1. The minimum Gasteiger partial charge on any atom is -0.374 e. The third-order valence-electron chi connectivity index (χ3n) is 2.49. The first-order valence-corrected chi connectivity index (χ1v) is 7.08. The average Bonchev–Trinajstić information content (AvgIpc) is 2.60. The van der Waals surface area contributed by atoms with E-state index in [0.29, 0.717) is 0 Å². The van der Waals surface area contributed by atoms with Gasteiger partial charge in [-0.25, -0.2) is 13.1 Å². The highest BCUT2D eigenvalue weighted by atomic mass is 35.5. The van der Waals surface area contributed by atoms with Gasteiger partial charge in [-0.05, 0) is 12.1 Å². The maximum atomic E-state index is 11.2. The van der Waals surface area contributed by atoms with Crippen molar-refractivity contribution in [2.24, 2.45) is 0 Å². The van der Waals surface area contributed by atoms with Crippen molar-refractivity contribution >= 4 is 33.0 Å². The highest BCUT2D eigenvalue weighted by Crippen LogP contribution is 2.28. The normalized spacial score (nSPS) is 21.7. The fourth-order valence-corrected chi connectivity index (χ4v) is 3.17. The van der Waals surface area contributed by atoms with E-state index in [-0.39, 0.29) is 28.7 Å². The molecule has 0 bridgehead atoms. The molecule has 7 nitrogen and oxygen atoms in total. The second-order valence-electron chi connectivity index (χ2n) is 3.89. The lowest BCUT2D eigenvalue weighted by Gasteiger charge is -2.11. The first-order valence-electron chi connectivity index (χ1n) is 5.05. The van der Waals surface area contributed by atoms with Gasteiger partial charge in [-0.2, -0.15) is 0 Å². The Kier molecular flexibility index (Phi) is 3.42. The molecule has 0 saturated carbocycles. The van der Waals surface area contributed by atoms with Crippen molar-refractivity contribution in [1.29, 1.82) is 0 Å². The number of nitro benzene ring substituents is 1. The van der Waals surface area contributed by atoms with Gasteiger partial charge in [0.05, 0.1) is 16.7 Å². The summed E-state index contributed by atoms with van der Waals surface area (Å²) in [5.74, 6) is -0.104. The molecule has 18 heavy (non-hydrogen) atoms. The van der Waals surface area contributed by atoms with Crippen LogP contribution >= 0.6 is 11.6 Å². The summed E-state index contributed by atoms with van der Waals surface area (Å²) in [5.41, 5.74) is 0.0834. The van der Waals surface area contributed by atoms with Gasteiger partial charge < -0.3 is 5.32 Å². The summed E-state index contributed by atoms with van der Waals surface area (Å²) in [4.78, 5) is 10.3. The largest absolute Gasteiger partial charge is 0.374 e. The Bertz CT molecular complexity index is 589. The lowest BCUT2D eigenvalue weighted by Crippen LogP contribution is -2.24. The van der Waals surface area contributed by atoms with Crippen molar-refractivity contribution in [2.45, 2.75) is 6.04 Å². The Labute approximate surface area is 108 Å². The summed E-state index contributed by atoms with van der Waals surface area (Å²) < 4.78 is 24.7. The van der Waals surface area contributed by atoms with Gasteiger partial charge in [-0.15, -0.1) is 0 Å². The van der Waals surface area contributed by atoms with Crippen LogP contribution in [0.15, 0.2) is 18.2 Å². The molecule has 1 saturated heterocycles. The Hall–Kier alpha value is -1.38. The summed E-state index contributed by atoms with van der Waals surface area (Å²) in [6, 6.07) is 3.80. The first-order chi connectivity index (χ1) is 8.37. The van der Waals surface area contributed by atoms with Gasteiger partial charge in [0.2, 0.25) is 10.0 Å². The molecule has 1 aromatic rings. The van der Waals surface area contributed by atoms with Crippen LogP contribution in [0.5, 0.6) is 0 Å². The third-order valence-corrected chi connectivity index (χ3v) is 4.17. The van der Waals surface area contributed by atoms with Crippen LogP contribution in [0.3, 0.4) is 0 Å². The number of nitrogens with zero attached hydrogens (tertiary/aromatic N) is 1. The zero-order valence-electron chi connectivity index (χ0n) is 9.09. The van der Waals surface area contributed by atoms with E-state index < -0.39 is 21.0 Å². The number of sulfonamides is 1. The number of nitro groups is 1. The molecule has 1 heterocycles. The molecule has 1 aromatic carbocycles. The van der Waals surface area contributed by atoms with Crippen molar-refractivity contribution < 1.29 is 13.3 Å². The maximum absolute atomic E-state index is 11.2. The molecule has 98 valence electrons. The molecule has 1 atom stereocenters. The van der Waals surface area contributed by atoms with Crippen LogP contribution in [0.1, 0.15) is 0 Å². The van der Waals surface area contributed by atoms with E-state index in [2.05, 4.69) is 10.0 Å². The van der Waals surface area contributed by atoms with E-state index in [4.69, 9.17) is 11.6 Å². The molecule has 0 aromatic heterocycles. The van der Waals surface area contributed by atoms with Crippen LogP contribution in [0.2, 0.25) is 5.02 Å². The van der Waals surface area contributed by atoms with Gasteiger partial charge in [0, 0.05) is 17.6 Å². The number of anilines is 1. The Balaban J connectivity index is 2.22. The predicted octanol–water partition coefficient (Wildman–Crippen LogP) is 0.962. The standard InChI is InChI=1S/C9H10ClN3O4S/c10-6-1-2-8(9(3-6)13(14)15)12-7-4-11-18(16,17)5-7/h1-3,7,11-12H,4-5H2. The summed E-state index contributed by atoms with van der Waals surface area (Å²) in [7, 11) is -3.27. The topological polar surface area (TPSA) is 101 Å². The van der Waals surface area contributed by atoms with Gasteiger partial charge >= 0.3 is 0 Å². The molecule has 1 unspecified atom stereocenters. The van der Waals surface area contributed by atoms with Gasteiger partial charge in [-0.1, -0.05) is 11.6 Å². The maximum Gasteiger partial charge on any atom is 0.293 e. The van der Waals surface area contributed by atoms with E-state index in [9.17, 15) is 18.5 Å². The van der Waals surface area contributed by atoms with Gasteiger partial charge in [0.15, 0.2) is 0 Å². The monoisotopic (exact) mass is 291 g/mol. The van der Waals surface area contributed by atoms with Crippen LogP contribution in [0, 0.1) is 10.1 Å². The van der Waals surface area contributed by atoms with E-state index >= 15 is 0 Å². The highest BCUT2D eigenvalue weighted by Gasteiger charge is 2.28. The number of nitrogens with one attached hydrogen (secondary N) is 2. The van der Waals surface area contributed by atoms with Gasteiger partial charge in [0.25, 0.3) is 5.69 Å². The fraction of sp³-hybridized carbons (Fsp3) is 0.333. The lowest BCUT2D eigenvalue weighted by molar-refractivity contribution is -0.384. The summed E-state index contributed by atoms with van der Waals surface area (Å²) in [6.07, 6.45) is 0. The minimum atomic E-state index is -3.27. The molecule has 2 N–H and O–H groups in total. The van der Waals surface area contributed by atoms with Crippen molar-refractivity contribution in [1.82, 2.24) is 4.72 Å². The molecule has 0 amide bonds. The van der Waals surface area contributed by atoms with Gasteiger partial charge in [-0.3, -0.25) is 10.1 Å². The Morgan fingerprint density at radius 3 is 2.78 bits per heavy atom. The Morgan fingerprint density at radius 1 is 1.50 bits per heavy atom. The van der Waals surface area contributed by atoms with Crippen LogP contribution in [-0.4, -0.2) is 31.7 Å².